The van der Waals surface area contributed by atoms with E-state index >= 15 is 0 Å². The van der Waals surface area contributed by atoms with Crippen molar-refractivity contribution in [1.82, 2.24) is 14.5 Å². The summed E-state index contributed by atoms with van der Waals surface area (Å²) in [4.78, 5) is 9.83. The minimum atomic E-state index is -0.0476. The van der Waals surface area contributed by atoms with Crippen molar-refractivity contribution in [3.8, 4) is 39.5 Å². The molecule has 9 aromatic rings. The molecule has 0 saturated carbocycles. The minimum absolute atomic E-state index is 0. The molecule has 6 aromatic carbocycles. The van der Waals surface area contributed by atoms with Crippen LogP contribution >= 0.6 is 0 Å². The molecule has 0 N–H and O–H groups in total. The summed E-state index contributed by atoms with van der Waals surface area (Å²) in [6.45, 7) is 24.8. The van der Waals surface area contributed by atoms with Gasteiger partial charge in [-0.05, 0) is 92.4 Å². The van der Waals surface area contributed by atoms with E-state index in [1.165, 1.54) is 39.1 Å². The molecule has 0 atom stereocenters. The van der Waals surface area contributed by atoms with E-state index in [1.54, 1.807) is 0 Å². The first-order chi connectivity index (χ1) is 29.7. The number of hydrogen-bond acceptors (Lipinski definition) is 3. The van der Waals surface area contributed by atoms with Crippen molar-refractivity contribution in [3.63, 3.8) is 0 Å². The quantitative estimate of drug-likeness (QED) is 0.143. The van der Waals surface area contributed by atoms with Crippen LogP contribution in [0, 0.1) is 12.1 Å². The van der Waals surface area contributed by atoms with Crippen LogP contribution in [0.4, 0.5) is 0 Å². The molecule has 0 unspecified atom stereocenters. The predicted molar refractivity (Wildman–Crippen MR) is 262 cm³/mol. The Bertz CT molecular complexity index is 2960. The van der Waals surface area contributed by atoms with E-state index in [0.717, 1.165) is 61.2 Å². The van der Waals surface area contributed by atoms with Crippen molar-refractivity contribution in [2.45, 2.75) is 105 Å². The molecule has 4 nitrogen and oxygen atoms in total. The summed E-state index contributed by atoms with van der Waals surface area (Å²) < 4.78 is 8.74. The van der Waals surface area contributed by atoms with E-state index in [9.17, 15) is 0 Å². The van der Waals surface area contributed by atoms with Gasteiger partial charge in [-0.15, -0.1) is 53.6 Å². The molecule has 0 aliphatic rings. The Morgan fingerprint density at radius 2 is 1.22 bits per heavy atom. The van der Waals surface area contributed by atoms with E-state index in [1.807, 2.05) is 36.5 Å². The summed E-state index contributed by atoms with van der Waals surface area (Å²) in [7, 11) is 0. The number of furan rings is 1. The first-order valence-corrected chi connectivity index (χ1v) is 22.3. The van der Waals surface area contributed by atoms with Gasteiger partial charge in [0, 0.05) is 37.4 Å². The molecule has 323 valence electrons. The monoisotopic (exact) mass is 1010 g/mol. The Labute approximate surface area is 388 Å². The SMILES string of the molecule is CC(C)c1cccc(C(C)C)c1-c1ccnc(-c2[c-]c(C(C)(C)C)cc3c2oc2ccccc23)c1.CC(C)c1cccc(C(C)C)c1-n1c(-c2[c-]cccc2)nc2ccccc21.[Ir]. The maximum atomic E-state index is 6.40. The summed E-state index contributed by atoms with van der Waals surface area (Å²) in [5.41, 5.74) is 17.1. The van der Waals surface area contributed by atoms with Crippen LogP contribution in [0.3, 0.4) is 0 Å². The van der Waals surface area contributed by atoms with Gasteiger partial charge < -0.3 is 14.0 Å². The van der Waals surface area contributed by atoms with E-state index in [2.05, 4.69) is 190 Å². The van der Waals surface area contributed by atoms with Crippen LogP contribution in [-0.4, -0.2) is 14.5 Å². The average Bonchev–Trinajstić information content (AvgIpc) is 3.84. The number of fused-ring (bicyclic) bond motifs is 4. The fourth-order valence-electron chi connectivity index (χ4n) is 8.69. The topological polar surface area (TPSA) is 43.9 Å². The van der Waals surface area contributed by atoms with Crippen LogP contribution in [0.25, 0.3) is 72.4 Å². The average molecular weight is 1010 g/mol. The summed E-state index contributed by atoms with van der Waals surface area (Å²) in [6, 6.07) is 51.8. The Morgan fingerprint density at radius 1 is 0.619 bits per heavy atom. The number of rotatable bonds is 8. The van der Waals surface area contributed by atoms with Crippen LogP contribution in [0.5, 0.6) is 0 Å². The van der Waals surface area contributed by atoms with Gasteiger partial charge in [-0.1, -0.05) is 160 Å². The minimum Gasteiger partial charge on any atom is -0.501 e. The first kappa shape index (κ1) is 45.4. The fourth-order valence-corrected chi connectivity index (χ4v) is 8.69. The third kappa shape index (κ3) is 8.97. The molecule has 0 amide bonds. The molecule has 1 radical (unpaired) electrons. The van der Waals surface area contributed by atoms with Crippen LogP contribution < -0.4 is 0 Å². The van der Waals surface area contributed by atoms with Crippen molar-refractivity contribution in [2.75, 3.05) is 0 Å². The molecule has 0 bridgehead atoms. The van der Waals surface area contributed by atoms with Gasteiger partial charge in [0.25, 0.3) is 0 Å². The second kappa shape index (κ2) is 18.6. The van der Waals surface area contributed by atoms with Crippen molar-refractivity contribution in [2.24, 2.45) is 0 Å². The summed E-state index contributed by atoms with van der Waals surface area (Å²) in [5, 5.41) is 2.25. The molecule has 5 heteroatoms. The molecule has 3 aromatic heterocycles. The third-order valence-electron chi connectivity index (χ3n) is 12.0. The Morgan fingerprint density at radius 3 is 1.84 bits per heavy atom. The molecular weight excluding hydrogens is 947 g/mol. The standard InChI is InChI=1S/C33H34NO.C25H25N2.Ir/c1-20(2)24-12-10-13-25(21(3)4)31(24)22-15-16-34-29(17-22)28-19-23(33(5,6)7)18-27-26-11-8-9-14-30(26)35-32(27)28;1-17(2)20-13-10-14-21(18(3)4)24(20)27-23-16-9-8-15-22(23)26-25(27)19-11-6-5-7-12-19;/h8-18,20-21H,1-7H3;5-11,13-18H,1-4H3;/q2*-1;. The molecule has 0 saturated heterocycles. The molecule has 3 heterocycles. The molecule has 0 fully saturated rings. The molecule has 63 heavy (non-hydrogen) atoms. The third-order valence-corrected chi connectivity index (χ3v) is 12.0. The number of imidazole rings is 1. The van der Waals surface area contributed by atoms with E-state index in [0.29, 0.717) is 23.7 Å². The molecule has 0 spiro atoms. The largest absolute Gasteiger partial charge is 0.501 e. The zero-order valence-corrected chi connectivity index (χ0v) is 41.0. The number of hydrogen-bond donors (Lipinski definition) is 0. The van der Waals surface area contributed by atoms with Crippen LogP contribution in [0.2, 0.25) is 0 Å². The zero-order valence-electron chi connectivity index (χ0n) is 38.6. The second-order valence-corrected chi connectivity index (χ2v) is 18.8. The van der Waals surface area contributed by atoms with Crippen molar-refractivity contribution in [1.29, 1.82) is 0 Å². The zero-order chi connectivity index (χ0) is 43.9. The molecule has 9 rings (SSSR count). The Hall–Kier alpha value is -5.61. The first-order valence-electron chi connectivity index (χ1n) is 22.3. The molecule has 0 aliphatic carbocycles. The Kier molecular flexibility index (Phi) is 13.4. The van der Waals surface area contributed by atoms with E-state index in [4.69, 9.17) is 14.4 Å². The van der Waals surface area contributed by atoms with Crippen molar-refractivity contribution >= 4 is 33.0 Å². The van der Waals surface area contributed by atoms with Gasteiger partial charge in [-0.3, -0.25) is 4.98 Å². The normalized spacial score (nSPS) is 11.9. The van der Waals surface area contributed by atoms with Gasteiger partial charge in [0.1, 0.15) is 5.58 Å². The van der Waals surface area contributed by atoms with Gasteiger partial charge in [0.2, 0.25) is 0 Å². The number of nitrogens with zero attached hydrogens (tertiary/aromatic N) is 3. The maximum Gasteiger partial charge on any atom is 0.120 e. The van der Waals surface area contributed by atoms with Crippen LogP contribution in [0.15, 0.2) is 138 Å². The predicted octanol–water partition coefficient (Wildman–Crippen LogP) is 16.4. The Balaban J connectivity index is 0.000000192. The van der Waals surface area contributed by atoms with Crippen LogP contribution in [0.1, 0.15) is 128 Å². The number of benzene rings is 6. The smallest absolute Gasteiger partial charge is 0.120 e. The number of para-hydroxylation sites is 4. The van der Waals surface area contributed by atoms with Gasteiger partial charge in [0.05, 0.1) is 22.4 Å². The molecular formula is C58H59IrN3O-2. The summed E-state index contributed by atoms with van der Waals surface area (Å²) in [5.74, 6) is 2.66. The van der Waals surface area contributed by atoms with Crippen molar-refractivity contribution < 1.29 is 24.5 Å². The van der Waals surface area contributed by atoms with E-state index < -0.39 is 0 Å². The van der Waals surface area contributed by atoms with E-state index in [-0.39, 0.29) is 25.5 Å². The summed E-state index contributed by atoms with van der Waals surface area (Å²) >= 11 is 0. The van der Waals surface area contributed by atoms with Crippen molar-refractivity contribution in [3.05, 3.63) is 174 Å². The van der Waals surface area contributed by atoms with Gasteiger partial charge in [-0.2, -0.15) is 0 Å². The van der Waals surface area contributed by atoms with Gasteiger partial charge >= 0.3 is 0 Å². The number of aromatic nitrogens is 3. The second-order valence-electron chi connectivity index (χ2n) is 18.8. The number of pyridine rings is 1. The fraction of sp³-hybridized carbons (Fsp3) is 0.276. The van der Waals surface area contributed by atoms with Crippen LogP contribution in [-0.2, 0) is 25.5 Å². The van der Waals surface area contributed by atoms with Gasteiger partial charge in [-0.25, -0.2) is 0 Å². The maximum absolute atomic E-state index is 6.40. The van der Waals surface area contributed by atoms with Gasteiger partial charge in [0.15, 0.2) is 0 Å². The summed E-state index contributed by atoms with van der Waals surface area (Å²) in [6.07, 6.45) is 1.93. The molecule has 0 aliphatic heterocycles.